The van der Waals surface area contributed by atoms with Gasteiger partial charge >= 0.3 is 0 Å². The fraction of sp³-hybridized carbons (Fsp3) is 0.417. The topological polar surface area (TPSA) is 83.6 Å². The number of hydrogen-bond donors (Lipinski definition) is 3. The Hall–Kier alpha value is -0.940. The second kappa shape index (κ2) is 6.71. The highest BCUT2D eigenvalue weighted by atomic mass is 35.5. The van der Waals surface area contributed by atoms with E-state index in [1.165, 1.54) is 0 Å². The van der Waals surface area contributed by atoms with E-state index >= 15 is 0 Å². The van der Waals surface area contributed by atoms with E-state index in [0.717, 1.165) is 6.42 Å². The van der Waals surface area contributed by atoms with Crippen LogP contribution in [0.4, 0.5) is 0 Å². The predicted molar refractivity (Wildman–Crippen MR) is 68.1 cm³/mol. The third kappa shape index (κ3) is 3.78. The number of carbonyl (C=O) groups is 1. The average Bonchev–Trinajstić information content (AvgIpc) is 2.29. The van der Waals surface area contributed by atoms with Gasteiger partial charge in [0, 0.05) is 11.1 Å². The van der Waals surface area contributed by atoms with E-state index in [9.17, 15) is 15.0 Å². The Morgan fingerprint density at radius 3 is 2.35 bits per heavy atom. The van der Waals surface area contributed by atoms with Crippen molar-refractivity contribution >= 4 is 18.7 Å². The summed E-state index contributed by atoms with van der Waals surface area (Å²) in [5.41, 5.74) is 4.82. The summed E-state index contributed by atoms with van der Waals surface area (Å²) in [5.74, 6) is 0. The number of aliphatic hydroxyl groups excluding tert-OH is 1. The molecule has 0 unspecified atom stereocenters. The Balaban J connectivity index is 0.00000256. The SMILES string of the molecule is CCC[C@@H](O)[C@](N)(O)c1ccc(C=O)cc1.Cl. The molecular formula is C12H18ClNO3. The molecule has 0 aliphatic carbocycles. The zero-order valence-corrected chi connectivity index (χ0v) is 10.5. The molecule has 0 saturated heterocycles. The van der Waals surface area contributed by atoms with Crippen LogP contribution < -0.4 is 5.73 Å². The molecule has 96 valence electrons. The van der Waals surface area contributed by atoms with Crippen molar-refractivity contribution in [3.05, 3.63) is 35.4 Å². The number of rotatable bonds is 5. The number of benzene rings is 1. The summed E-state index contributed by atoms with van der Waals surface area (Å²) in [4.78, 5) is 10.5. The van der Waals surface area contributed by atoms with Crippen molar-refractivity contribution in [3.8, 4) is 0 Å². The van der Waals surface area contributed by atoms with Gasteiger partial charge in [0.1, 0.15) is 12.4 Å². The molecule has 0 aromatic heterocycles. The Bertz CT molecular complexity index is 351. The van der Waals surface area contributed by atoms with Crippen molar-refractivity contribution in [3.63, 3.8) is 0 Å². The lowest BCUT2D eigenvalue weighted by atomic mass is 9.94. The smallest absolute Gasteiger partial charge is 0.165 e. The fourth-order valence-corrected chi connectivity index (χ4v) is 1.51. The van der Waals surface area contributed by atoms with Crippen LogP contribution in [-0.2, 0) is 5.72 Å². The number of hydrogen-bond acceptors (Lipinski definition) is 4. The van der Waals surface area contributed by atoms with E-state index in [1.54, 1.807) is 24.3 Å². The van der Waals surface area contributed by atoms with Gasteiger partial charge in [0.15, 0.2) is 5.72 Å². The molecule has 0 amide bonds. The molecule has 0 fully saturated rings. The van der Waals surface area contributed by atoms with Gasteiger partial charge in [-0.15, -0.1) is 12.4 Å². The zero-order valence-electron chi connectivity index (χ0n) is 9.67. The Morgan fingerprint density at radius 2 is 1.94 bits per heavy atom. The van der Waals surface area contributed by atoms with Crippen molar-refractivity contribution in [2.24, 2.45) is 5.73 Å². The minimum Gasteiger partial charge on any atom is -0.388 e. The maximum Gasteiger partial charge on any atom is 0.165 e. The third-order valence-electron chi connectivity index (χ3n) is 2.58. The molecule has 0 spiro atoms. The summed E-state index contributed by atoms with van der Waals surface area (Å²) in [7, 11) is 0. The molecule has 0 aliphatic heterocycles. The van der Waals surface area contributed by atoms with Crippen molar-refractivity contribution in [1.29, 1.82) is 0 Å². The van der Waals surface area contributed by atoms with Crippen LogP contribution in [-0.4, -0.2) is 22.6 Å². The fourth-order valence-electron chi connectivity index (χ4n) is 1.51. The first kappa shape index (κ1) is 16.1. The lowest BCUT2D eigenvalue weighted by Gasteiger charge is -2.29. The van der Waals surface area contributed by atoms with Crippen LogP contribution in [0.3, 0.4) is 0 Å². The number of nitrogens with two attached hydrogens (primary N) is 1. The van der Waals surface area contributed by atoms with Crippen molar-refractivity contribution in [1.82, 2.24) is 0 Å². The van der Waals surface area contributed by atoms with Gasteiger partial charge in [0.05, 0.1) is 0 Å². The minimum atomic E-state index is -1.77. The molecule has 1 aromatic rings. The Kier molecular flexibility index (Phi) is 6.34. The monoisotopic (exact) mass is 259 g/mol. The largest absolute Gasteiger partial charge is 0.388 e. The van der Waals surface area contributed by atoms with Gasteiger partial charge in [-0.25, -0.2) is 0 Å². The van der Waals surface area contributed by atoms with E-state index < -0.39 is 11.8 Å². The number of aliphatic hydroxyl groups is 2. The number of halogens is 1. The van der Waals surface area contributed by atoms with Crippen molar-refractivity contribution in [2.45, 2.75) is 31.6 Å². The molecule has 0 heterocycles. The van der Waals surface area contributed by atoms with Gasteiger partial charge in [0.2, 0.25) is 0 Å². The standard InChI is InChI=1S/C12H17NO3.ClH/c1-2-3-11(15)12(13,16)10-6-4-9(8-14)5-7-10;/h4-8,11,15-16H,2-3,13H2,1H3;1H/t11-,12-;/m1./s1. The lowest BCUT2D eigenvalue weighted by molar-refractivity contribution is -0.0797. The molecular weight excluding hydrogens is 242 g/mol. The van der Waals surface area contributed by atoms with Crippen LogP contribution in [0.5, 0.6) is 0 Å². The first-order chi connectivity index (χ1) is 7.52. The van der Waals surface area contributed by atoms with Gasteiger partial charge in [-0.1, -0.05) is 37.6 Å². The molecule has 4 nitrogen and oxygen atoms in total. The Morgan fingerprint density at radius 1 is 1.41 bits per heavy atom. The molecule has 17 heavy (non-hydrogen) atoms. The van der Waals surface area contributed by atoms with Gasteiger partial charge in [-0.2, -0.15) is 0 Å². The van der Waals surface area contributed by atoms with Crippen LogP contribution >= 0.6 is 12.4 Å². The minimum absolute atomic E-state index is 0. The normalized spacial score (nSPS) is 15.5. The van der Waals surface area contributed by atoms with E-state index in [0.29, 0.717) is 23.8 Å². The predicted octanol–water partition coefficient (Wildman–Crippen LogP) is 1.19. The van der Waals surface area contributed by atoms with Crippen molar-refractivity contribution < 1.29 is 15.0 Å². The van der Waals surface area contributed by atoms with Crippen LogP contribution in [0.2, 0.25) is 0 Å². The number of aldehydes is 1. The van der Waals surface area contributed by atoms with E-state index in [4.69, 9.17) is 5.73 Å². The van der Waals surface area contributed by atoms with E-state index in [1.807, 2.05) is 6.92 Å². The summed E-state index contributed by atoms with van der Waals surface area (Å²) < 4.78 is 0. The molecule has 1 aromatic carbocycles. The average molecular weight is 260 g/mol. The second-order valence-corrected chi connectivity index (χ2v) is 3.87. The molecule has 5 heteroatoms. The van der Waals surface area contributed by atoms with Gasteiger partial charge in [-0.05, 0) is 6.42 Å². The maximum atomic E-state index is 10.5. The van der Waals surface area contributed by atoms with Crippen LogP contribution in [0.25, 0.3) is 0 Å². The first-order valence-corrected chi connectivity index (χ1v) is 5.27. The van der Waals surface area contributed by atoms with Gasteiger partial charge < -0.3 is 10.2 Å². The summed E-state index contributed by atoms with van der Waals surface area (Å²) in [6.07, 6.45) is 0.844. The van der Waals surface area contributed by atoms with Gasteiger partial charge in [-0.3, -0.25) is 10.5 Å². The van der Waals surface area contributed by atoms with Crippen LogP contribution in [0.15, 0.2) is 24.3 Å². The molecule has 0 aliphatic rings. The van der Waals surface area contributed by atoms with Crippen LogP contribution in [0, 0.1) is 0 Å². The maximum absolute atomic E-state index is 10.5. The quantitative estimate of drug-likeness (QED) is 0.548. The summed E-state index contributed by atoms with van der Waals surface area (Å²) in [6.45, 7) is 1.90. The first-order valence-electron chi connectivity index (χ1n) is 5.27. The van der Waals surface area contributed by atoms with Gasteiger partial charge in [0.25, 0.3) is 0 Å². The summed E-state index contributed by atoms with van der Waals surface area (Å²) in [6, 6.07) is 6.20. The molecule has 4 N–H and O–H groups in total. The molecule has 1 rings (SSSR count). The lowest BCUT2D eigenvalue weighted by Crippen LogP contribution is -2.47. The zero-order chi connectivity index (χ0) is 12.2. The molecule has 2 atom stereocenters. The molecule has 0 radical (unpaired) electrons. The summed E-state index contributed by atoms with van der Waals surface area (Å²) >= 11 is 0. The Labute approximate surface area is 107 Å². The highest BCUT2D eigenvalue weighted by molar-refractivity contribution is 5.85. The molecule has 0 saturated carbocycles. The van der Waals surface area contributed by atoms with E-state index in [2.05, 4.69) is 0 Å². The van der Waals surface area contributed by atoms with Crippen molar-refractivity contribution in [2.75, 3.05) is 0 Å². The highest BCUT2D eigenvalue weighted by Crippen LogP contribution is 2.22. The third-order valence-corrected chi connectivity index (χ3v) is 2.58. The van der Waals surface area contributed by atoms with Crippen LogP contribution in [0.1, 0.15) is 35.7 Å². The second-order valence-electron chi connectivity index (χ2n) is 3.87. The van der Waals surface area contributed by atoms with E-state index in [-0.39, 0.29) is 12.4 Å². The number of carbonyl (C=O) groups excluding carboxylic acids is 1. The summed E-state index contributed by atoms with van der Waals surface area (Å²) in [5, 5.41) is 19.7. The highest BCUT2D eigenvalue weighted by Gasteiger charge is 2.32. The molecule has 0 bridgehead atoms.